The molecule has 2 heterocycles. The van der Waals surface area contributed by atoms with E-state index in [1.54, 1.807) is 0 Å². The van der Waals surface area contributed by atoms with Gasteiger partial charge in [0, 0.05) is 27.8 Å². The molecule has 0 amide bonds. The Kier molecular flexibility index (Phi) is 3.84. The number of hydrogen-bond donors (Lipinski definition) is 0. The average Bonchev–Trinajstić information content (AvgIpc) is 3.46. The number of para-hydroxylation sites is 1. The molecule has 37 heavy (non-hydrogen) atoms. The van der Waals surface area contributed by atoms with Gasteiger partial charge in [-0.1, -0.05) is 100 Å². The first-order valence-corrected chi connectivity index (χ1v) is 13.2. The zero-order chi connectivity index (χ0) is 25.1. The fourth-order valence-electron chi connectivity index (χ4n) is 7.48. The average molecular weight is 477 g/mol. The quantitative estimate of drug-likeness (QED) is 0.232. The second kappa shape index (κ2) is 6.77. The number of hydrogen-bond acceptors (Lipinski definition) is 1. The summed E-state index contributed by atoms with van der Waals surface area (Å²) >= 11 is 0. The van der Waals surface area contributed by atoms with Crippen molar-refractivity contribution in [1.29, 1.82) is 0 Å². The molecule has 2 aliphatic carbocycles. The minimum absolute atomic E-state index is 0.105. The molecule has 2 nitrogen and oxygen atoms in total. The molecule has 8 rings (SSSR count). The first-order valence-electron chi connectivity index (χ1n) is 13.2. The van der Waals surface area contributed by atoms with Crippen LogP contribution in [0.15, 0.2) is 97.2 Å². The Hall–Kier alpha value is -4.17. The largest absolute Gasteiger partial charge is 0.293 e. The number of rotatable bonds is 1. The molecule has 4 aromatic carbocycles. The van der Waals surface area contributed by atoms with E-state index in [-0.39, 0.29) is 10.8 Å². The van der Waals surface area contributed by atoms with Gasteiger partial charge in [0.1, 0.15) is 5.82 Å². The first-order chi connectivity index (χ1) is 17.9. The molecule has 6 aromatic rings. The smallest absolute Gasteiger partial charge is 0.137 e. The van der Waals surface area contributed by atoms with Gasteiger partial charge < -0.3 is 0 Å². The van der Waals surface area contributed by atoms with Crippen molar-refractivity contribution in [3.63, 3.8) is 0 Å². The summed E-state index contributed by atoms with van der Waals surface area (Å²) in [5.74, 6) is 0.966. The van der Waals surface area contributed by atoms with E-state index >= 15 is 0 Å². The lowest BCUT2D eigenvalue weighted by atomic mass is 9.76. The monoisotopic (exact) mass is 476 g/mol. The molecule has 0 N–H and O–H groups in total. The molecule has 0 atom stereocenters. The van der Waals surface area contributed by atoms with Gasteiger partial charge in [0.2, 0.25) is 0 Å². The summed E-state index contributed by atoms with van der Waals surface area (Å²) in [6.07, 6.45) is 1.90. The molecule has 0 spiro atoms. The molecule has 0 saturated carbocycles. The topological polar surface area (TPSA) is 17.8 Å². The highest BCUT2D eigenvalue weighted by Gasteiger charge is 2.47. The zero-order valence-corrected chi connectivity index (χ0v) is 21.6. The van der Waals surface area contributed by atoms with Crippen LogP contribution in [-0.4, -0.2) is 9.55 Å². The fourth-order valence-corrected chi connectivity index (χ4v) is 7.48. The van der Waals surface area contributed by atoms with Crippen molar-refractivity contribution in [3.8, 4) is 28.1 Å². The normalized spacial score (nSPS) is 16.0. The van der Waals surface area contributed by atoms with Crippen LogP contribution in [0, 0.1) is 0 Å². The summed E-state index contributed by atoms with van der Waals surface area (Å²) in [6.45, 7) is 9.63. The lowest BCUT2D eigenvalue weighted by molar-refractivity contribution is 0.650. The van der Waals surface area contributed by atoms with Gasteiger partial charge in [-0.3, -0.25) is 4.57 Å². The van der Waals surface area contributed by atoms with Crippen molar-refractivity contribution in [3.05, 3.63) is 119 Å². The molecule has 0 saturated heterocycles. The molecule has 2 aromatic heterocycles. The number of aromatic nitrogens is 2. The van der Waals surface area contributed by atoms with Gasteiger partial charge in [0.25, 0.3) is 0 Å². The van der Waals surface area contributed by atoms with Gasteiger partial charge in [0.05, 0.1) is 11.0 Å². The minimum Gasteiger partial charge on any atom is -0.293 e. The summed E-state index contributed by atoms with van der Waals surface area (Å²) in [7, 11) is 0. The SMILES string of the molecule is CC1(C)c2ccccc2-c2c1c1c(c3c2c2ccccc2n3-c2ccccn2)C(C)(C)c2ccccc2-1. The maximum atomic E-state index is 4.87. The second-order valence-electron chi connectivity index (χ2n) is 11.6. The van der Waals surface area contributed by atoms with Gasteiger partial charge in [-0.15, -0.1) is 0 Å². The van der Waals surface area contributed by atoms with Crippen LogP contribution in [0.25, 0.3) is 49.9 Å². The Bertz CT molecular complexity index is 1920. The van der Waals surface area contributed by atoms with E-state index < -0.39 is 0 Å². The third-order valence-corrected chi connectivity index (χ3v) is 8.98. The lowest BCUT2D eigenvalue weighted by Crippen LogP contribution is -2.19. The fraction of sp³-hybridized carbons (Fsp3) is 0.171. The van der Waals surface area contributed by atoms with Crippen LogP contribution < -0.4 is 0 Å². The van der Waals surface area contributed by atoms with Crippen molar-refractivity contribution < 1.29 is 0 Å². The summed E-state index contributed by atoms with van der Waals surface area (Å²) < 4.78 is 2.42. The van der Waals surface area contributed by atoms with Crippen LogP contribution in [0.1, 0.15) is 49.9 Å². The predicted octanol–water partition coefficient (Wildman–Crippen LogP) is 8.79. The van der Waals surface area contributed by atoms with Crippen LogP contribution in [0.3, 0.4) is 0 Å². The third-order valence-electron chi connectivity index (χ3n) is 8.98. The van der Waals surface area contributed by atoms with E-state index in [4.69, 9.17) is 4.98 Å². The van der Waals surface area contributed by atoms with E-state index in [9.17, 15) is 0 Å². The molecule has 178 valence electrons. The van der Waals surface area contributed by atoms with E-state index in [2.05, 4.69) is 117 Å². The van der Waals surface area contributed by atoms with Crippen molar-refractivity contribution >= 4 is 21.8 Å². The summed E-state index contributed by atoms with van der Waals surface area (Å²) in [5, 5.41) is 2.65. The van der Waals surface area contributed by atoms with Gasteiger partial charge >= 0.3 is 0 Å². The molecular formula is C35H28N2. The van der Waals surface area contributed by atoms with Gasteiger partial charge in [-0.05, 0) is 62.7 Å². The second-order valence-corrected chi connectivity index (χ2v) is 11.6. The highest BCUT2D eigenvalue weighted by atomic mass is 15.1. The number of benzene rings is 4. The Labute approximate surface area is 217 Å². The van der Waals surface area contributed by atoms with Crippen molar-refractivity contribution in [2.75, 3.05) is 0 Å². The number of nitrogens with zero attached hydrogens (tertiary/aromatic N) is 2. The maximum absolute atomic E-state index is 4.87. The van der Waals surface area contributed by atoms with Gasteiger partial charge in [-0.2, -0.15) is 0 Å². The van der Waals surface area contributed by atoms with Gasteiger partial charge in [0.15, 0.2) is 0 Å². The standard InChI is InChI=1S/C35H28N2/c1-34(2)24-16-8-5-13-21(24)28-29-23-15-7-10-18-26(23)37(27-19-11-12-20-36-27)33(29)32-30(31(28)34)22-14-6-9-17-25(22)35(32,3)4/h5-20H,1-4H3. The Balaban J connectivity index is 1.73. The molecule has 0 bridgehead atoms. The van der Waals surface area contributed by atoms with E-state index in [1.807, 2.05) is 12.3 Å². The Morgan fingerprint density at radius 1 is 0.595 bits per heavy atom. The number of fused-ring (bicyclic) bond motifs is 12. The maximum Gasteiger partial charge on any atom is 0.137 e. The molecular weight excluding hydrogens is 448 g/mol. The van der Waals surface area contributed by atoms with Crippen LogP contribution in [-0.2, 0) is 10.8 Å². The zero-order valence-electron chi connectivity index (χ0n) is 21.6. The van der Waals surface area contributed by atoms with Crippen LogP contribution in [0.5, 0.6) is 0 Å². The molecule has 2 heteroatoms. The van der Waals surface area contributed by atoms with Gasteiger partial charge in [-0.25, -0.2) is 4.98 Å². The molecule has 0 aliphatic heterocycles. The molecule has 0 unspecified atom stereocenters. The highest BCUT2D eigenvalue weighted by molar-refractivity contribution is 6.22. The third kappa shape index (κ3) is 2.39. The highest BCUT2D eigenvalue weighted by Crippen LogP contribution is 2.63. The van der Waals surface area contributed by atoms with E-state index in [1.165, 1.54) is 66.3 Å². The van der Waals surface area contributed by atoms with Crippen molar-refractivity contribution in [2.24, 2.45) is 0 Å². The molecule has 0 radical (unpaired) electrons. The lowest BCUT2D eigenvalue weighted by Gasteiger charge is -2.28. The predicted molar refractivity (Wildman–Crippen MR) is 154 cm³/mol. The Morgan fingerprint density at radius 2 is 1.19 bits per heavy atom. The minimum atomic E-state index is -0.148. The Morgan fingerprint density at radius 3 is 1.89 bits per heavy atom. The van der Waals surface area contributed by atoms with Crippen LogP contribution >= 0.6 is 0 Å². The summed E-state index contributed by atoms with van der Waals surface area (Å²) in [5.41, 5.74) is 13.5. The summed E-state index contributed by atoms with van der Waals surface area (Å²) in [6, 6.07) is 33.2. The van der Waals surface area contributed by atoms with Crippen molar-refractivity contribution in [2.45, 2.75) is 38.5 Å². The number of pyridine rings is 1. The molecule has 2 aliphatic rings. The summed E-state index contributed by atoms with van der Waals surface area (Å²) in [4.78, 5) is 4.87. The van der Waals surface area contributed by atoms with E-state index in [0.717, 1.165) is 5.82 Å². The van der Waals surface area contributed by atoms with Crippen LogP contribution in [0.4, 0.5) is 0 Å². The van der Waals surface area contributed by atoms with E-state index in [0.29, 0.717) is 0 Å². The van der Waals surface area contributed by atoms with Crippen LogP contribution in [0.2, 0.25) is 0 Å². The molecule has 0 fully saturated rings. The first kappa shape index (κ1) is 21.0. The van der Waals surface area contributed by atoms with Crippen molar-refractivity contribution in [1.82, 2.24) is 9.55 Å².